The molecule has 1 atom stereocenters. The molecular formula is C26H31N3O3S. The number of benzene rings is 2. The van der Waals surface area contributed by atoms with Crippen molar-refractivity contribution in [1.82, 2.24) is 10.2 Å². The van der Waals surface area contributed by atoms with Crippen molar-refractivity contribution < 1.29 is 14.3 Å². The summed E-state index contributed by atoms with van der Waals surface area (Å²) >= 11 is 5.53. The lowest BCUT2D eigenvalue weighted by Crippen LogP contribution is -2.47. The Morgan fingerprint density at radius 2 is 1.79 bits per heavy atom. The molecule has 0 saturated heterocycles. The summed E-state index contributed by atoms with van der Waals surface area (Å²) in [6, 6.07) is 17.0. The smallest absolute Gasteiger partial charge is 0.338 e. The Hall–Kier alpha value is -3.19. The molecule has 0 radical (unpaired) electrons. The summed E-state index contributed by atoms with van der Waals surface area (Å²) in [4.78, 5) is 27.2. The van der Waals surface area contributed by atoms with Crippen molar-refractivity contribution in [3.05, 3.63) is 77.0 Å². The maximum Gasteiger partial charge on any atom is 0.338 e. The van der Waals surface area contributed by atoms with Gasteiger partial charge in [-0.05, 0) is 69.6 Å². The van der Waals surface area contributed by atoms with Gasteiger partial charge in [0.15, 0.2) is 5.11 Å². The Morgan fingerprint density at radius 1 is 1.12 bits per heavy atom. The zero-order valence-electron chi connectivity index (χ0n) is 19.6. The number of carbonyl (C=O) groups excluding carboxylic acids is 2. The van der Waals surface area contributed by atoms with Crippen molar-refractivity contribution >= 4 is 34.9 Å². The van der Waals surface area contributed by atoms with E-state index in [0.29, 0.717) is 35.8 Å². The zero-order valence-corrected chi connectivity index (χ0v) is 20.4. The summed E-state index contributed by atoms with van der Waals surface area (Å²) in [5.74, 6) is -0.404. The fraction of sp³-hybridized carbons (Fsp3) is 0.346. The molecule has 0 saturated carbocycles. The van der Waals surface area contributed by atoms with Crippen LogP contribution in [0.3, 0.4) is 0 Å². The molecule has 174 valence electrons. The van der Waals surface area contributed by atoms with E-state index in [1.54, 1.807) is 0 Å². The average Bonchev–Trinajstić information content (AvgIpc) is 2.78. The van der Waals surface area contributed by atoms with Crippen molar-refractivity contribution in [1.29, 1.82) is 0 Å². The first-order valence-electron chi connectivity index (χ1n) is 11.2. The van der Waals surface area contributed by atoms with Gasteiger partial charge in [0.2, 0.25) is 5.91 Å². The van der Waals surface area contributed by atoms with Crippen LogP contribution in [-0.4, -0.2) is 34.5 Å². The van der Waals surface area contributed by atoms with Crippen LogP contribution in [0.25, 0.3) is 0 Å². The lowest BCUT2D eigenvalue weighted by Gasteiger charge is -2.37. The summed E-state index contributed by atoms with van der Waals surface area (Å²) in [6.45, 7) is 8.18. The molecule has 2 N–H and O–H groups in total. The fourth-order valence-corrected chi connectivity index (χ4v) is 4.22. The molecule has 33 heavy (non-hydrogen) atoms. The number of rotatable bonds is 8. The molecule has 6 nitrogen and oxygen atoms in total. The van der Waals surface area contributed by atoms with E-state index in [4.69, 9.17) is 17.0 Å². The second-order valence-corrected chi connectivity index (χ2v) is 8.62. The third-order valence-electron chi connectivity index (χ3n) is 5.49. The molecule has 1 amide bonds. The minimum Gasteiger partial charge on any atom is -0.459 e. The van der Waals surface area contributed by atoms with Gasteiger partial charge >= 0.3 is 5.97 Å². The van der Waals surface area contributed by atoms with Gasteiger partial charge in [0.1, 0.15) is 0 Å². The van der Waals surface area contributed by atoms with Crippen LogP contribution in [0.15, 0.2) is 65.9 Å². The molecule has 0 fully saturated rings. The van der Waals surface area contributed by atoms with E-state index in [9.17, 15) is 9.59 Å². The van der Waals surface area contributed by atoms with E-state index in [2.05, 4.69) is 10.6 Å². The van der Waals surface area contributed by atoms with Crippen LogP contribution in [0.5, 0.6) is 0 Å². The molecule has 3 rings (SSSR count). The first kappa shape index (κ1) is 24.5. The highest BCUT2D eigenvalue weighted by molar-refractivity contribution is 7.80. The number of esters is 1. The van der Waals surface area contributed by atoms with Crippen LogP contribution < -0.4 is 10.6 Å². The molecule has 1 heterocycles. The van der Waals surface area contributed by atoms with Gasteiger partial charge in [-0.3, -0.25) is 4.79 Å². The second kappa shape index (κ2) is 11.1. The number of ether oxygens (including phenoxy) is 1. The lowest BCUT2D eigenvalue weighted by molar-refractivity contribution is -0.143. The number of anilines is 1. The van der Waals surface area contributed by atoms with Gasteiger partial charge < -0.3 is 20.3 Å². The molecule has 0 spiro atoms. The molecule has 2 aromatic rings. The minimum atomic E-state index is -0.422. The molecular weight excluding hydrogens is 434 g/mol. The number of hydrogen-bond acceptors (Lipinski definition) is 4. The lowest BCUT2D eigenvalue weighted by atomic mass is 9.94. The van der Waals surface area contributed by atoms with Gasteiger partial charge in [-0.25, -0.2) is 4.79 Å². The van der Waals surface area contributed by atoms with Gasteiger partial charge in [-0.15, -0.1) is 0 Å². The summed E-state index contributed by atoms with van der Waals surface area (Å²) in [5.41, 5.74) is 4.03. The van der Waals surface area contributed by atoms with Crippen LogP contribution in [0.1, 0.15) is 51.3 Å². The molecule has 0 unspecified atom stereocenters. The third-order valence-corrected chi connectivity index (χ3v) is 5.82. The molecule has 2 aromatic carbocycles. The van der Waals surface area contributed by atoms with Crippen molar-refractivity contribution in [2.45, 2.75) is 52.7 Å². The van der Waals surface area contributed by atoms with Crippen molar-refractivity contribution in [3.8, 4) is 0 Å². The Morgan fingerprint density at radius 3 is 2.39 bits per heavy atom. The number of carbonyl (C=O) groups is 2. The number of amides is 1. The third kappa shape index (κ3) is 6.20. The Bertz CT molecular complexity index is 1030. The molecule has 1 aliphatic heterocycles. The molecule has 0 aromatic heterocycles. The van der Waals surface area contributed by atoms with Crippen LogP contribution >= 0.6 is 12.2 Å². The first-order valence-corrected chi connectivity index (χ1v) is 11.6. The van der Waals surface area contributed by atoms with E-state index >= 15 is 0 Å². The van der Waals surface area contributed by atoms with Gasteiger partial charge in [0.25, 0.3) is 0 Å². The van der Waals surface area contributed by atoms with E-state index < -0.39 is 6.04 Å². The van der Waals surface area contributed by atoms with E-state index in [1.807, 2.05) is 87.2 Å². The SMILES string of the molecule is CCN1C(=S)N[C@H](c2ccc(NC(=O)CCc3ccccc3)cc2)C(C(=O)OC(C)C)=C1C. The largest absolute Gasteiger partial charge is 0.459 e. The van der Waals surface area contributed by atoms with Crippen molar-refractivity contribution in [2.75, 3.05) is 11.9 Å². The maximum absolute atomic E-state index is 12.9. The predicted molar refractivity (Wildman–Crippen MR) is 135 cm³/mol. The summed E-state index contributed by atoms with van der Waals surface area (Å²) < 4.78 is 5.52. The average molecular weight is 466 g/mol. The number of hydrogen-bond donors (Lipinski definition) is 2. The Balaban J connectivity index is 1.74. The quantitative estimate of drug-likeness (QED) is 0.434. The molecule has 0 bridgehead atoms. The summed E-state index contributed by atoms with van der Waals surface area (Å²) in [5, 5.41) is 6.79. The number of nitrogens with one attached hydrogen (secondary N) is 2. The van der Waals surface area contributed by atoms with Crippen LogP contribution in [0, 0.1) is 0 Å². The highest BCUT2D eigenvalue weighted by Gasteiger charge is 2.34. The highest BCUT2D eigenvalue weighted by atomic mass is 32.1. The van der Waals surface area contributed by atoms with Gasteiger partial charge in [0, 0.05) is 24.4 Å². The van der Waals surface area contributed by atoms with Gasteiger partial charge in [0.05, 0.1) is 17.7 Å². The number of aryl methyl sites for hydroxylation is 1. The maximum atomic E-state index is 12.9. The standard InChI is InChI=1S/C26H31N3O3S/c1-5-29-18(4)23(25(31)32-17(2)3)24(28-26(29)33)20-12-14-21(15-13-20)27-22(30)16-11-19-9-7-6-8-10-19/h6-10,12-15,17,24H,5,11,16H2,1-4H3,(H,27,30)(H,28,33)/t24-/m1/s1. The van der Waals surface area contributed by atoms with Crippen molar-refractivity contribution in [3.63, 3.8) is 0 Å². The second-order valence-electron chi connectivity index (χ2n) is 8.24. The predicted octanol–water partition coefficient (Wildman–Crippen LogP) is 4.73. The van der Waals surface area contributed by atoms with E-state index in [0.717, 1.165) is 16.8 Å². The number of allylic oxidation sites excluding steroid dienone is 1. The van der Waals surface area contributed by atoms with Crippen LogP contribution in [0.2, 0.25) is 0 Å². The Kier molecular flexibility index (Phi) is 8.22. The Labute approximate surface area is 201 Å². The van der Waals surface area contributed by atoms with Gasteiger partial charge in [-0.2, -0.15) is 0 Å². The van der Waals surface area contributed by atoms with Crippen LogP contribution in [-0.2, 0) is 20.7 Å². The molecule has 0 aliphatic carbocycles. The van der Waals surface area contributed by atoms with Gasteiger partial charge in [-0.1, -0.05) is 42.5 Å². The zero-order chi connectivity index (χ0) is 24.0. The van der Waals surface area contributed by atoms with E-state index in [-0.39, 0.29) is 18.0 Å². The van der Waals surface area contributed by atoms with Crippen molar-refractivity contribution in [2.24, 2.45) is 0 Å². The van der Waals surface area contributed by atoms with Crippen LogP contribution in [0.4, 0.5) is 5.69 Å². The minimum absolute atomic E-state index is 0.0425. The number of thiocarbonyl (C=S) groups is 1. The summed E-state index contributed by atoms with van der Waals surface area (Å²) in [6.07, 6.45) is 0.869. The normalized spacial score (nSPS) is 16.0. The molecule has 7 heteroatoms. The van der Waals surface area contributed by atoms with E-state index in [1.165, 1.54) is 0 Å². The number of nitrogens with zero attached hydrogens (tertiary/aromatic N) is 1. The molecule has 1 aliphatic rings. The summed E-state index contributed by atoms with van der Waals surface area (Å²) in [7, 11) is 0. The topological polar surface area (TPSA) is 70.7 Å². The fourth-order valence-electron chi connectivity index (χ4n) is 3.84. The highest BCUT2D eigenvalue weighted by Crippen LogP contribution is 2.32. The monoisotopic (exact) mass is 465 g/mol. The first-order chi connectivity index (χ1) is 15.8.